The molecule has 0 aliphatic carbocycles. The highest BCUT2D eigenvalue weighted by Gasteiger charge is 2.35. The Morgan fingerprint density at radius 3 is 2.61 bits per heavy atom. The summed E-state index contributed by atoms with van der Waals surface area (Å²) in [7, 11) is 1.57. The number of amides is 1. The normalized spacial score (nSPS) is 13.7. The zero-order chi connectivity index (χ0) is 26.0. The second kappa shape index (κ2) is 10.2. The van der Waals surface area contributed by atoms with E-state index in [1.165, 1.54) is 12.5 Å². The monoisotopic (exact) mass is 491 g/mol. The minimum atomic E-state index is -0.637. The smallest absolute Gasteiger partial charge is 0.325 e. The number of carbonyl (C=O) groups is 2. The van der Waals surface area contributed by atoms with Crippen molar-refractivity contribution in [1.29, 1.82) is 0 Å². The van der Waals surface area contributed by atoms with E-state index in [4.69, 9.17) is 14.5 Å². The largest absolute Gasteiger partial charge is 0.463 e. The Bertz CT molecular complexity index is 1390. The molecule has 1 aromatic carbocycles. The highest BCUT2D eigenvalue weighted by Crippen LogP contribution is 2.39. The van der Waals surface area contributed by atoms with Crippen molar-refractivity contribution >= 4 is 22.8 Å². The summed E-state index contributed by atoms with van der Waals surface area (Å²) >= 11 is 0. The lowest BCUT2D eigenvalue weighted by atomic mass is 9.78. The number of nitrogens with one attached hydrogen (secondary N) is 1. The van der Waals surface area contributed by atoms with Crippen molar-refractivity contribution < 1.29 is 19.1 Å². The van der Waals surface area contributed by atoms with Crippen molar-refractivity contribution in [3.63, 3.8) is 0 Å². The standard InChI is InChI=1S/C28H33N3O5/c1-6-18-19-10-8-9-11-23(19)30-26-20(18)14-31-24(26)12-22(21(15-35-5)27(31)34)28(4,7-2)16-36-25(33)13-29-17(3)32/h8-12H,6-7,13-16H2,1-5H3,(H,29,32). The van der Waals surface area contributed by atoms with Crippen LogP contribution in [0.4, 0.5) is 0 Å². The quantitative estimate of drug-likeness (QED) is 0.360. The number of pyridine rings is 2. The van der Waals surface area contributed by atoms with E-state index in [1.807, 2.05) is 38.1 Å². The fourth-order valence-electron chi connectivity index (χ4n) is 4.99. The van der Waals surface area contributed by atoms with Crippen molar-refractivity contribution in [2.45, 2.75) is 59.1 Å². The van der Waals surface area contributed by atoms with Crippen LogP contribution in [0.25, 0.3) is 22.3 Å². The summed E-state index contributed by atoms with van der Waals surface area (Å²) in [5, 5.41) is 3.57. The van der Waals surface area contributed by atoms with Gasteiger partial charge in [-0.2, -0.15) is 0 Å². The zero-order valence-electron chi connectivity index (χ0n) is 21.6. The molecule has 0 spiro atoms. The minimum absolute atomic E-state index is 0.0692. The Labute approximate surface area is 210 Å². The van der Waals surface area contributed by atoms with E-state index in [1.54, 1.807) is 11.7 Å². The maximum Gasteiger partial charge on any atom is 0.325 e. The van der Waals surface area contributed by atoms with Gasteiger partial charge in [0.2, 0.25) is 5.91 Å². The summed E-state index contributed by atoms with van der Waals surface area (Å²) in [5.74, 6) is -0.827. The molecule has 0 saturated carbocycles. The number of methoxy groups -OCH3 is 1. The summed E-state index contributed by atoms with van der Waals surface area (Å²) in [6.07, 6.45) is 1.46. The highest BCUT2D eigenvalue weighted by molar-refractivity contribution is 5.88. The number of fused-ring (bicyclic) bond motifs is 4. The van der Waals surface area contributed by atoms with E-state index in [0.29, 0.717) is 18.5 Å². The Morgan fingerprint density at radius 1 is 1.19 bits per heavy atom. The number of hydrogen-bond acceptors (Lipinski definition) is 6. The lowest BCUT2D eigenvalue weighted by Gasteiger charge is -2.31. The Morgan fingerprint density at radius 2 is 1.94 bits per heavy atom. The molecule has 3 heterocycles. The summed E-state index contributed by atoms with van der Waals surface area (Å²) in [6, 6.07) is 10.1. The molecule has 2 aromatic heterocycles. The summed E-state index contributed by atoms with van der Waals surface area (Å²) < 4.78 is 12.8. The van der Waals surface area contributed by atoms with Crippen molar-refractivity contribution in [2.75, 3.05) is 20.3 Å². The van der Waals surface area contributed by atoms with Crippen LogP contribution in [0.1, 0.15) is 56.4 Å². The van der Waals surface area contributed by atoms with Gasteiger partial charge in [-0.05, 0) is 36.1 Å². The zero-order valence-corrected chi connectivity index (χ0v) is 21.6. The van der Waals surface area contributed by atoms with Crippen molar-refractivity contribution in [1.82, 2.24) is 14.9 Å². The molecule has 4 rings (SSSR count). The first kappa shape index (κ1) is 25.6. The fourth-order valence-corrected chi connectivity index (χ4v) is 4.99. The van der Waals surface area contributed by atoms with E-state index < -0.39 is 11.4 Å². The van der Waals surface area contributed by atoms with Crippen LogP contribution in [0.3, 0.4) is 0 Å². The predicted molar refractivity (Wildman–Crippen MR) is 138 cm³/mol. The maximum atomic E-state index is 13.8. The van der Waals surface area contributed by atoms with E-state index in [-0.39, 0.29) is 31.2 Å². The number of nitrogens with zero attached hydrogens (tertiary/aromatic N) is 2. The number of ether oxygens (including phenoxy) is 2. The van der Waals surface area contributed by atoms with Crippen LogP contribution < -0.4 is 10.9 Å². The number of rotatable bonds is 9. The molecule has 1 N–H and O–H groups in total. The number of hydrogen-bond donors (Lipinski definition) is 1. The number of aryl methyl sites for hydroxylation is 1. The van der Waals surface area contributed by atoms with Crippen molar-refractivity contribution in [3.05, 3.63) is 62.9 Å². The van der Waals surface area contributed by atoms with E-state index in [9.17, 15) is 14.4 Å². The van der Waals surface area contributed by atoms with E-state index in [2.05, 4.69) is 18.3 Å². The molecule has 0 bridgehead atoms. The van der Waals surface area contributed by atoms with Gasteiger partial charge in [0.05, 0.1) is 30.1 Å². The lowest BCUT2D eigenvalue weighted by molar-refractivity contribution is -0.145. The number of benzene rings is 1. The Kier molecular flexibility index (Phi) is 7.26. The van der Waals surface area contributed by atoms with Gasteiger partial charge in [-0.15, -0.1) is 0 Å². The fraction of sp³-hybridized carbons (Fsp3) is 0.429. The molecule has 36 heavy (non-hydrogen) atoms. The van der Waals surface area contributed by atoms with Gasteiger partial charge >= 0.3 is 5.97 Å². The van der Waals surface area contributed by atoms with Gasteiger partial charge in [-0.25, -0.2) is 4.98 Å². The molecule has 1 atom stereocenters. The van der Waals surface area contributed by atoms with E-state index >= 15 is 0 Å². The number of aromatic nitrogens is 2. The summed E-state index contributed by atoms with van der Waals surface area (Å²) in [4.78, 5) is 42.2. The summed E-state index contributed by atoms with van der Waals surface area (Å²) in [5.41, 5.74) is 5.38. The average molecular weight is 492 g/mol. The van der Waals surface area contributed by atoms with Crippen LogP contribution in [-0.4, -0.2) is 41.7 Å². The van der Waals surface area contributed by atoms with Gasteiger partial charge in [0, 0.05) is 36.0 Å². The second-order valence-electron chi connectivity index (χ2n) is 9.52. The van der Waals surface area contributed by atoms with E-state index in [0.717, 1.165) is 39.8 Å². The van der Waals surface area contributed by atoms with Crippen LogP contribution in [0.2, 0.25) is 0 Å². The topological polar surface area (TPSA) is 99.5 Å². The molecule has 1 aliphatic heterocycles. The molecular weight excluding hydrogens is 458 g/mol. The average Bonchev–Trinajstić information content (AvgIpc) is 3.24. The number of para-hydroxylation sites is 1. The third-order valence-electron chi connectivity index (χ3n) is 7.18. The maximum absolute atomic E-state index is 13.8. The molecule has 8 nitrogen and oxygen atoms in total. The van der Waals surface area contributed by atoms with Crippen molar-refractivity contribution in [2.24, 2.45) is 0 Å². The van der Waals surface area contributed by atoms with Gasteiger partial charge in [0.15, 0.2) is 0 Å². The van der Waals surface area contributed by atoms with Crippen LogP contribution in [0.5, 0.6) is 0 Å². The van der Waals surface area contributed by atoms with Crippen molar-refractivity contribution in [3.8, 4) is 11.4 Å². The summed E-state index contributed by atoms with van der Waals surface area (Å²) in [6.45, 7) is 7.93. The molecule has 1 aliphatic rings. The third kappa shape index (κ3) is 4.53. The first-order valence-corrected chi connectivity index (χ1v) is 12.3. The third-order valence-corrected chi connectivity index (χ3v) is 7.18. The second-order valence-corrected chi connectivity index (χ2v) is 9.52. The number of carbonyl (C=O) groups excluding carboxylic acids is 2. The lowest BCUT2D eigenvalue weighted by Crippen LogP contribution is -2.37. The first-order valence-electron chi connectivity index (χ1n) is 12.3. The SMILES string of the molecule is CCc1c2c(nc3ccccc13)-c1cc(C(C)(CC)COC(=O)CNC(C)=O)c(COC)c(=O)n1C2. The molecule has 3 aromatic rings. The van der Waals surface area contributed by atoms with Gasteiger partial charge in [-0.1, -0.05) is 39.0 Å². The van der Waals surface area contributed by atoms with Crippen LogP contribution in [0.15, 0.2) is 35.1 Å². The van der Waals surface area contributed by atoms with Crippen LogP contribution >= 0.6 is 0 Å². The first-order chi connectivity index (χ1) is 17.2. The molecule has 0 radical (unpaired) electrons. The molecule has 190 valence electrons. The predicted octanol–water partition coefficient (Wildman–Crippen LogP) is 3.48. The number of esters is 1. The molecule has 1 amide bonds. The van der Waals surface area contributed by atoms with Gasteiger partial charge < -0.3 is 19.4 Å². The van der Waals surface area contributed by atoms with Gasteiger partial charge in [0.25, 0.3) is 5.56 Å². The highest BCUT2D eigenvalue weighted by atomic mass is 16.5. The molecule has 0 saturated heterocycles. The Hall–Kier alpha value is -3.52. The van der Waals surface area contributed by atoms with Gasteiger partial charge in [-0.3, -0.25) is 14.4 Å². The molecular formula is C28H33N3O5. The molecule has 0 fully saturated rings. The van der Waals surface area contributed by atoms with Crippen LogP contribution in [-0.2, 0) is 44.1 Å². The Balaban J connectivity index is 1.83. The van der Waals surface area contributed by atoms with Gasteiger partial charge in [0.1, 0.15) is 13.2 Å². The molecule has 1 unspecified atom stereocenters. The van der Waals surface area contributed by atoms with Crippen LogP contribution in [0, 0.1) is 0 Å². The molecule has 8 heteroatoms. The minimum Gasteiger partial charge on any atom is -0.463 e.